The van der Waals surface area contributed by atoms with Gasteiger partial charge in [0.15, 0.2) is 5.78 Å². The summed E-state index contributed by atoms with van der Waals surface area (Å²) in [5.41, 5.74) is 6.13. The van der Waals surface area contributed by atoms with Crippen LogP contribution in [0.5, 0.6) is 11.5 Å². The number of carbonyl (C=O) groups is 1. The second-order valence-electron chi connectivity index (χ2n) is 8.57. The number of ketones is 1. The van der Waals surface area contributed by atoms with Crippen molar-refractivity contribution in [3.8, 4) is 11.5 Å². The topological polar surface area (TPSA) is 57.5 Å². The van der Waals surface area contributed by atoms with Gasteiger partial charge in [-0.2, -0.15) is 0 Å². The molecule has 0 spiro atoms. The predicted octanol–water partition coefficient (Wildman–Crippen LogP) is 7.27. The summed E-state index contributed by atoms with van der Waals surface area (Å²) in [6.07, 6.45) is 13.1. The molecule has 1 rings (SSSR count). The summed E-state index contributed by atoms with van der Waals surface area (Å²) in [6, 6.07) is 3.10. The highest BCUT2D eigenvalue weighted by Crippen LogP contribution is 2.28. The minimum atomic E-state index is 0.0989. The molecule has 164 valence electrons. The molecule has 0 unspecified atom stereocenters. The van der Waals surface area contributed by atoms with E-state index < -0.39 is 0 Å². The molecule has 0 heterocycles. The van der Waals surface area contributed by atoms with Crippen LogP contribution in [0.2, 0.25) is 0 Å². The molecule has 1 aromatic rings. The summed E-state index contributed by atoms with van der Waals surface area (Å²) in [6.45, 7) is 12.1. The van der Waals surface area contributed by atoms with Crippen molar-refractivity contribution < 1.29 is 15.0 Å². The monoisotopic (exact) mass is 410 g/mol. The maximum atomic E-state index is 12.3. The second kappa shape index (κ2) is 12.9. The maximum Gasteiger partial charge on any atom is 0.159 e. The van der Waals surface area contributed by atoms with E-state index in [-0.39, 0.29) is 17.3 Å². The highest BCUT2D eigenvalue weighted by Gasteiger charge is 2.07. The van der Waals surface area contributed by atoms with E-state index in [9.17, 15) is 15.0 Å². The normalized spacial score (nSPS) is 12.8. The van der Waals surface area contributed by atoms with Gasteiger partial charge in [-0.3, -0.25) is 4.79 Å². The van der Waals surface area contributed by atoms with Crippen molar-refractivity contribution in [2.24, 2.45) is 0 Å². The largest absolute Gasteiger partial charge is 0.508 e. The molecule has 3 nitrogen and oxygen atoms in total. The van der Waals surface area contributed by atoms with Crippen molar-refractivity contribution in [1.29, 1.82) is 0 Å². The Balaban J connectivity index is 2.52. The Kier molecular flexibility index (Phi) is 11.0. The van der Waals surface area contributed by atoms with E-state index in [0.717, 1.165) is 36.8 Å². The molecule has 1 aromatic carbocycles. The number of phenolic OH excluding ortho intramolecular Hbond substituents is 2. The molecule has 0 amide bonds. The number of aromatic hydroxyl groups is 2. The lowest BCUT2D eigenvalue weighted by Gasteiger charge is -2.07. The van der Waals surface area contributed by atoms with E-state index in [4.69, 9.17) is 0 Å². The molecule has 0 aliphatic rings. The molecular formula is C27H38O3. The summed E-state index contributed by atoms with van der Waals surface area (Å²) in [5.74, 6) is 0.437. The summed E-state index contributed by atoms with van der Waals surface area (Å²) >= 11 is 0. The Morgan fingerprint density at radius 2 is 1.50 bits per heavy atom. The minimum absolute atomic E-state index is 0.0989. The van der Waals surface area contributed by atoms with Crippen LogP contribution < -0.4 is 0 Å². The van der Waals surface area contributed by atoms with Crippen molar-refractivity contribution in [3.05, 3.63) is 69.9 Å². The molecule has 0 saturated heterocycles. The molecule has 2 N–H and O–H groups in total. The summed E-state index contributed by atoms with van der Waals surface area (Å²) < 4.78 is 0. The highest BCUT2D eigenvalue weighted by atomic mass is 16.3. The van der Waals surface area contributed by atoms with Crippen LogP contribution in [0.25, 0.3) is 0 Å². The fourth-order valence-electron chi connectivity index (χ4n) is 3.25. The van der Waals surface area contributed by atoms with Crippen LogP contribution in [0.4, 0.5) is 0 Å². The van der Waals surface area contributed by atoms with Crippen LogP contribution in [-0.4, -0.2) is 16.0 Å². The van der Waals surface area contributed by atoms with Gasteiger partial charge in [0.1, 0.15) is 11.5 Å². The molecule has 0 bridgehead atoms. The first kappa shape index (κ1) is 25.5. The summed E-state index contributed by atoms with van der Waals surface area (Å²) in [4.78, 5) is 12.3. The number of phenols is 2. The number of benzene rings is 1. The number of allylic oxidation sites excluding steroid dienone is 8. The van der Waals surface area contributed by atoms with Crippen molar-refractivity contribution >= 4 is 5.78 Å². The fourth-order valence-corrected chi connectivity index (χ4v) is 3.25. The van der Waals surface area contributed by atoms with E-state index in [1.807, 2.05) is 19.9 Å². The molecule has 0 fully saturated rings. The third-order valence-corrected chi connectivity index (χ3v) is 5.02. The van der Waals surface area contributed by atoms with Crippen molar-refractivity contribution in [1.82, 2.24) is 0 Å². The van der Waals surface area contributed by atoms with Crippen LogP contribution in [0, 0.1) is 6.92 Å². The van der Waals surface area contributed by atoms with Gasteiger partial charge in [0.05, 0.1) is 0 Å². The van der Waals surface area contributed by atoms with Gasteiger partial charge in [0.2, 0.25) is 0 Å². The molecule has 0 aromatic heterocycles. The first-order valence-electron chi connectivity index (χ1n) is 10.7. The number of hydrogen-bond acceptors (Lipinski definition) is 3. The summed E-state index contributed by atoms with van der Waals surface area (Å²) in [7, 11) is 0. The molecule has 0 atom stereocenters. The zero-order chi connectivity index (χ0) is 22.7. The third-order valence-electron chi connectivity index (χ3n) is 5.02. The van der Waals surface area contributed by atoms with Crippen LogP contribution in [0.1, 0.15) is 77.8 Å². The standard InChI is InChI=1S/C27H38O3/c1-19(2)9-7-10-20(3)11-8-12-21(4)15-25(28)16-22(5)13-14-24-18-26(29)17-23(6)27(24)30/h9,11,13,15,17-18,29-30H,7-8,10,12,14,16H2,1-6H3/b20-11+,21-15-,22-13+. The average Bonchev–Trinajstić information content (AvgIpc) is 2.62. The Morgan fingerprint density at radius 1 is 0.867 bits per heavy atom. The maximum absolute atomic E-state index is 12.3. The number of aryl methyl sites for hydroxylation is 1. The van der Waals surface area contributed by atoms with Crippen LogP contribution in [0.15, 0.2) is 58.7 Å². The predicted molar refractivity (Wildman–Crippen MR) is 127 cm³/mol. The van der Waals surface area contributed by atoms with E-state index in [1.54, 1.807) is 19.1 Å². The average molecular weight is 411 g/mol. The van der Waals surface area contributed by atoms with Crippen LogP contribution in [0.3, 0.4) is 0 Å². The lowest BCUT2D eigenvalue weighted by Crippen LogP contribution is -1.96. The van der Waals surface area contributed by atoms with Gasteiger partial charge >= 0.3 is 0 Å². The Labute approximate surface area is 182 Å². The van der Waals surface area contributed by atoms with Crippen molar-refractivity contribution in [2.45, 2.75) is 80.1 Å². The van der Waals surface area contributed by atoms with E-state index in [2.05, 4.69) is 32.9 Å². The highest BCUT2D eigenvalue weighted by molar-refractivity contribution is 5.91. The summed E-state index contributed by atoms with van der Waals surface area (Å²) in [5, 5.41) is 19.8. The molecule has 0 saturated carbocycles. The van der Waals surface area contributed by atoms with E-state index in [1.165, 1.54) is 17.2 Å². The second-order valence-corrected chi connectivity index (χ2v) is 8.57. The molecule has 0 aliphatic carbocycles. The van der Waals surface area contributed by atoms with Gasteiger partial charge in [-0.1, -0.05) is 40.5 Å². The SMILES string of the molecule is CC(C)=CCC/C(C)=C/CC/C(C)=C\C(=O)C/C(C)=C/Cc1cc(O)cc(C)c1O. The van der Waals surface area contributed by atoms with Gasteiger partial charge < -0.3 is 10.2 Å². The quantitative estimate of drug-likeness (QED) is 0.229. The minimum Gasteiger partial charge on any atom is -0.508 e. The van der Waals surface area contributed by atoms with E-state index in [0.29, 0.717) is 24.0 Å². The van der Waals surface area contributed by atoms with Gasteiger partial charge in [0, 0.05) is 12.0 Å². The van der Waals surface area contributed by atoms with Gasteiger partial charge in [-0.15, -0.1) is 0 Å². The fraction of sp³-hybridized carbons (Fsp3) is 0.444. The zero-order valence-electron chi connectivity index (χ0n) is 19.5. The van der Waals surface area contributed by atoms with Gasteiger partial charge in [0.25, 0.3) is 0 Å². The van der Waals surface area contributed by atoms with Crippen LogP contribution in [-0.2, 0) is 11.2 Å². The molecule has 3 heteroatoms. The Morgan fingerprint density at radius 3 is 2.17 bits per heavy atom. The number of rotatable bonds is 11. The van der Waals surface area contributed by atoms with Gasteiger partial charge in [-0.25, -0.2) is 0 Å². The number of hydrogen-bond donors (Lipinski definition) is 2. The molecule has 0 aliphatic heterocycles. The third kappa shape index (κ3) is 10.3. The zero-order valence-corrected chi connectivity index (χ0v) is 19.5. The lowest BCUT2D eigenvalue weighted by atomic mass is 10.0. The smallest absolute Gasteiger partial charge is 0.159 e. The van der Waals surface area contributed by atoms with Crippen molar-refractivity contribution in [3.63, 3.8) is 0 Å². The Bertz CT molecular complexity index is 847. The lowest BCUT2D eigenvalue weighted by molar-refractivity contribution is -0.114. The molecular weight excluding hydrogens is 372 g/mol. The first-order valence-corrected chi connectivity index (χ1v) is 10.7. The molecule has 30 heavy (non-hydrogen) atoms. The van der Waals surface area contributed by atoms with Crippen LogP contribution >= 0.6 is 0 Å². The number of carbonyl (C=O) groups excluding carboxylic acids is 1. The Hall–Kier alpha value is -2.55. The first-order chi connectivity index (χ1) is 14.1. The van der Waals surface area contributed by atoms with E-state index >= 15 is 0 Å². The van der Waals surface area contributed by atoms with Crippen molar-refractivity contribution in [2.75, 3.05) is 0 Å². The molecule has 0 radical (unpaired) electrons. The van der Waals surface area contributed by atoms with Gasteiger partial charge in [-0.05, 0) is 97.4 Å².